The van der Waals surface area contributed by atoms with E-state index in [1.54, 1.807) is 0 Å². The molecule has 0 spiro atoms. The Labute approximate surface area is 93.5 Å². The van der Waals surface area contributed by atoms with Crippen LogP contribution in [-0.4, -0.2) is 0 Å². The maximum Gasteiger partial charge on any atom is 0.416 e. The van der Waals surface area contributed by atoms with Crippen molar-refractivity contribution in [2.24, 2.45) is 5.92 Å². The average molecular weight is 228 g/mol. The maximum atomic E-state index is 12.5. The van der Waals surface area contributed by atoms with Crippen molar-refractivity contribution >= 4 is 0 Å². The van der Waals surface area contributed by atoms with Gasteiger partial charge in [0, 0.05) is 0 Å². The molecule has 0 saturated heterocycles. The Balaban J connectivity index is 2.23. The van der Waals surface area contributed by atoms with Crippen molar-refractivity contribution in [1.82, 2.24) is 0 Å². The van der Waals surface area contributed by atoms with E-state index in [1.165, 1.54) is 12.1 Å². The minimum absolute atomic E-state index is 0.317. The van der Waals surface area contributed by atoms with E-state index >= 15 is 0 Å². The fraction of sp³-hybridized carbons (Fsp3) is 0.538. The lowest BCUT2D eigenvalue weighted by Gasteiger charge is -2.13. The zero-order chi connectivity index (χ0) is 11.8. The molecular weight excluding hydrogens is 213 g/mol. The number of hydrogen-bond donors (Lipinski definition) is 0. The van der Waals surface area contributed by atoms with Crippen LogP contribution >= 0.6 is 0 Å². The summed E-state index contributed by atoms with van der Waals surface area (Å²) in [6, 6.07) is 5.78. The lowest BCUT2D eigenvalue weighted by atomic mass is 9.95. The van der Waals surface area contributed by atoms with E-state index < -0.39 is 11.7 Å². The topological polar surface area (TPSA) is 0 Å². The normalized spacial score (nSPS) is 26.0. The molecule has 0 radical (unpaired) electrons. The van der Waals surface area contributed by atoms with Gasteiger partial charge in [-0.3, -0.25) is 0 Å². The summed E-state index contributed by atoms with van der Waals surface area (Å²) < 4.78 is 37.6. The second-order valence-electron chi connectivity index (χ2n) is 4.74. The molecule has 1 fully saturated rings. The van der Waals surface area contributed by atoms with Gasteiger partial charge in [-0.15, -0.1) is 0 Å². The van der Waals surface area contributed by atoms with Crippen molar-refractivity contribution < 1.29 is 13.2 Å². The molecule has 0 heterocycles. The molecule has 1 aromatic rings. The van der Waals surface area contributed by atoms with Crippen LogP contribution in [0.5, 0.6) is 0 Å². The fourth-order valence-electron chi connectivity index (χ4n) is 2.48. The van der Waals surface area contributed by atoms with Gasteiger partial charge in [0.2, 0.25) is 0 Å². The standard InChI is InChI=1S/C13H15F3/c1-9-5-6-11(7-9)10-3-2-4-12(8-10)13(14,15)16/h2-4,8-9,11H,5-7H2,1H3/t9-,11+/m1/s1. The summed E-state index contributed by atoms with van der Waals surface area (Å²) >= 11 is 0. The highest BCUT2D eigenvalue weighted by Gasteiger charge is 2.31. The Morgan fingerprint density at radius 3 is 2.50 bits per heavy atom. The maximum absolute atomic E-state index is 12.5. The number of hydrogen-bond acceptors (Lipinski definition) is 0. The molecule has 0 aromatic heterocycles. The van der Waals surface area contributed by atoms with Crippen LogP contribution in [-0.2, 0) is 6.18 Å². The van der Waals surface area contributed by atoms with Gasteiger partial charge in [-0.25, -0.2) is 0 Å². The van der Waals surface area contributed by atoms with Crippen LogP contribution in [0.3, 0.4) is 0 Å². The molecule has 2 atom stereocenters. The highest BCUT2D eigenvalue weighted by molar-refractivity contribution is 5.28. The Hall–Kier alpha value is -0.990. The van der Waals surface area contributed by atoms with Crippen LogP contribution in [0.1, 0.15) is 43.2 Å². The first-order valence-electron chi connectivity index (χ1n) is 5.64. The van der Waals surface area contributed by atoms with E-state index in [2.05, 4.69) is 6.92 Å². The Morgan fingerprint density at radius 1 is 1.19 bits per heavy atom. The third-order valence-electron chi connectivity index (χ3n) is 3.38. The highest BCUT2D eigenvalue weighted by Crippen LogP contribution is 2.39. The molecule has 1 saturated carbocycles. The van der Waals surface area contributed by atoms with E-state index in [0.717, 1.165) is 30.9 Å². The molecule has 0 N–H and O–H groups in total. The summed E-state index contributed by atoms with van der Waals surface area (Å²) in [6.45, 7) is 2.16. The summed E-state index contributed by atoms with van der Waals surface area (Å²) in [6.07, 6.45) is -1.06. The molecule has 16 heavy (non-hydrogen) atoms. The Morgan fingerprint density at radius 2 is 1.94 bits per heavy atom. The first-order valence-corrected chi connectivity index (χ1v) is 5.64. The number of benzene rings is 1. The van der Waals surface area contributed by atoms with Gasteiger partial charge >= 0.3 is 6.18 Å². The number of rotatable bonds is 1. The van der Waals surface area contributed by atoms with Gasteiger partial charge in [-0.1, -0.05) is 31.5 Å². The van der Waals surface area contributed by atoms with Crippen LogP contribution < -0.4 is 0 Å². The molecule has 0 amide bonds. The smallest absolute Gasteiger partial charge is 0.166 e. The van der Waals surface area contributed by atoms with Crippen molar-refractivity contribution in [3.63, 3.8) is 0 Å². The summed E-state index contributed by atoms with van der Waals surface area (Å²) in [7, 11) is 0. The van der Waals surface area contributed by atoms with Crippen molar-refractivity contribution in [3.05, 3.63) is 35.4 Å². The largest absolute Gasteiger partial charge is 0.416 e. The van der Waals surface area contributed by atoms with E-state index in [-0.39, 0.29) is 0 Å². The van der Waals surface area contributed by atoms with E-state index in [1.807, 2.05) is 6.07 Å². The van der Waals surface area contributed by atoms with Crippen LogP contribution in [0.4, 0.5) is 13.2 Å². The molecule has 0 unspecified atom stereocenters. The third-order valence-corrected chi connectivity index (χ3v) is 3.38. The van der Waals surface area contributed by atoms with E-state index in [0.29, 0.717) is 11.8 Å². The van der Waals surface area contributed by atoms with Crippen LogP contribution in [0.2, 0.25) is 0 Å². The van der Waals surface area contributed by atoms with Crippen molar-refractivity contribution in [2.75, 3.05) is 0 Å². The molecule has 88 valence electrons. The van der Waals surface area contributed by atoms with Gasteiger partial charge < -0.3 is 0 Å². The SMILES string of the molecule is C[C@@H]1CC[C@H](c2cccc(C(F)(F)F)c2)C1. The lowest BCUT2D eigenvalue weighted by Crippen LogP contribution is -2.06. The van der Waals surface area contributed by atoms with Crippen LogP contribution in [0.25, 0.3) is 0 Å². The predicted octanol–water partition coefficient (Wildman–Crippen LogP) is 4.61. The molecule has 3 heteroatoms. The van der Waals surface area contributed by atoms with Crippen LogP contribution in [0, 0.1) is 5.92 Å². The average Bonchev–Trinajstić information content (AvgIpc) is 2.64. The zero-order valence-electron chi connectivity index (χ0n) is 9.22. The molecular formula is C13H15F3. The molecule has 1 aliphatic rings. The van der Waals surface area contributed by atoms with E-state index in [4.69, 9.17) is 0 Å². The summed E-state index contributed by atoms with van der Waals surface area (Å²) in [5.41, 5.74) is 0.323. The minimum Gasteiger partial charge on any atom is -0.166 e. The number of halogens is 3. The third kappa shape index (κ3) is 2.39. The van der Waals surface area contributed by atoms with Crippen molar-refractivity contribution in [2.45, 2.75) is 38.3 Å². The van der Waals surface area contributed by atoms with Gasteiger partial charge in [0.1, 0.15) is 0 Å². The molecule has 0 nitrogen and oxygen atoms in total. The number of alkyl halides is 3. The molecule has 2 rings (SSSR count). The van der Waals surface area contributed by atoms with Gasteiger partial charge in [0.15, 0.2) is 0 Å². The van der Waals surface area contributed by atoms with Crippen molar-refractivity contribution in [1.29, 1.82) is 0 Å². The zero-order valence-corrected chi connectivity index (χ0v) is 9.22. The first kappa shape index (κ1) is 11.5. The van der Waals surface area contributed by atoms with E-state index in [9.17, 15) is 13.2 Å². The predicted molar refractivity (Wildman–Crippen MR) is 57.2 cm³/mol. The molecule has 1 aromatic carbocycles. The molecule has 1 aliphatic carbocycles. The van der Waals surface area contributed by atoms with Gasteiger partial charge in [-0.05, 0) is 36.3 Å². The second-order valence-corrected chi connectivity index (χ2v) is 4.74. The van der Waals surface area contributed by atoms with Crippen LogP contribution in [0.15, 0.2) is 24.3 Å². The quantitative estimate of drug-likeness (QED) is 0.658. The monoisotopic (exact) mass is 228 g/mol. The highest BCUT2D eigenvalue weighted by atomic mass is 19.4. The summed E-state index contributed by atoms with van der Waals surface area (Å²) in [5, 5.41) is 0. The minimum atomic E-state index is -4.22. The fourth-order valence-corrected chi connectivity index (χ4v) is 2.48. The first-order chi connectivity index (χ1) is 7.47. The second kappa shape index (κ2) is 4.11. The summed E-state index contributed by atoms with van der Waals surface area (Å²) in [4.78, 5) is 0. The van der Waals surface area contributed by atoms with Gasteiger partial charge in [0.05, 0.1) is 5.56 Å². The Kier molecular flexibility index (Phi) is 2.96. The van der Waals surface area contributed by atoms with Gasteiger partial charge in [0.25, 0.3) is 0 Å². The summed E-state index contributed by atoms with van der Waals surface area (Å²) in [5.74, 6) is 0.955. The molecule has 0 aliphatic heterocycles. The Bertz CT molecular complexity index is 368. The lowest BCUT2D eigenvalue weighted by molar-refractivity contribution is -0.137. The van der Waals surface area contributed by atoms with Gasteiger partial charge in [-0.2, -0.15) is 13.2 Å². The molecule has 0 bridgehead atoms. The van der Waals surface area contributed by atoms with Crippen molar-refractivity contribution in [3.8, 4) is 0 Å².